The van der Waals surface area contributed by atoms with Gasteiger partial charge in [0.15, 0.2) is 0 Å². The molecule has 0 aromatic heterocycles. The van der Waals surface area contributed by atoms with Gasteiger partial charge in [-0.1, -0.05) is 0 Å². The van der Waals surface area contributed by atoms with Crippen LogP contribution in [0.2, 0.25) is 0 Å². The van der Waals surface area contributed by atoms with Gasteiger partial charge >= 0.3 is 0 Å². The highest BCUT2D eigenvalue weighted by Crippen LogP contribution is 2.02. The fourth-order valence-electron chi connectivity index (χ4n) is 0.574. The summed E-state index contributed by atoms with van der Waals surface area (Å²) in [6.07, 6.45) is 0. The molecule has 4 heteroatoms. The third kappa shape index (κ3) is 8.87. The maximum absolute atomic E-state index is 11.9. The Morgan fingerprint density at radius 2 is 1.40 bits per heavy atom. The van der Waals surface area contributed by atoms with E-state index in [4.69, 9.17) is 0 Å². The molecule has 84 valence electrons. The summed E-state index contributed by atoms with van der Waals surface area (Å²) < 4.78 is 28.4. The second-order valence-corrected chi connectivity index (χ2v) is 3.76. The predicted octanol–water partition coefficient (Wildman–Crippen LogP) is 2.92. The molecule has 0 aliphatic carbocycles. The van der Waals surface area contributed by atoms with Gasteiger partial charge in [0.25, 0.3) is 6.47 Å². The molecule has 0 spiro atoms. The minimum atomic E-state index is -0.411. The summed E-state index contributed by atoms with van der Waals surface area (Å²) in [4.78, 5) is 9.60. The molecule has 0 aliphatic heterocycles. The topological polar surface area (TPSA) is 26.3 Å². The SMILES string of the molecule is CC(C)(C)OC=O.Fc1ccc(F)cc1. The number of rotatable bonds is 1. The van der Waals surface area contributed by atoms with Crippen molar-refractivity contribution in [2.75, 3.05) is 0 Å². The van der Waals surface area contributed by atoms with Crippen molar-refractivity contribution >= 4 is 6.47 Å². The average molecular weight is 216 g/mol. The van der Waals surface area contributed by atoms with Crippen LogP contribution in [0.1, 0.15) is 20.8 Å². The number of carbonyl (C=O) groups is 1. The van der Waals surface area contributed by atoms with Crippen molar-refractivity contribution in [1.29, 1.82) is 0 Å². The Morgan fingerprint density at radius 3 is 1.53 bits per heavy atom. The van der Waals surface area contributed by atoms with Crippen LogP contribution in [-0.2, 0) is 9.53 Å². The van der Waals surface area contributed by atoms with Crippen LogP contribution in [0.25, 0.3) is 0 Å². The van der Waals surface area contributed by atoms with Crippen LogP contribution >= 0.6 is 0 Å². The molecule has 0 atom stereocenters. The molecule has 1 rings (SSSR count). The molecule has 1 aromatic carbocycles. The minimum Gasteiger partial charge on any atom is -0.462 e. The van der Waals surface area contributed by atoms with Gasteiger partial charge in [-0.3, -0.25) is 4.79 Å². The van der Waals surface area contributed by atoms with E-state index >= 15 is 0 Å². The van der Waals surface area contributed by atoms with Gasteiger partial charge in [0.1, 0.15) is 17.2 Å². The Kier molecular flexibility index (Phi) is 5.52. The van der Waals surface area contributed by atoms with Crippen LogP contribution < -0.4 is 0 Å². The molecule has 0 bridgehead atoms. The van der Waals surface area contributed by atoms with E-state index in [1.807, 2.05) is 20.8 Å². The lowest BCUT2D eigenvalue weighted by Gasteiger charge is -2.14. The van der Waals surface area contributed by atoms with E-state index in [1.54, 1.807) is 0 Å². The maximum atomic E-state index is 11.9. The molecule has 2 nitrogen and oxygen atoms in total. The Bertz CT molecular complexity index is 267. The quantitative estimate of drug-likeness (QED) is 0.675. The predicted molar refractivity (Wildman–Crippen MR) is 53.3 cm³/mol. The number of ether oxygens (including phenoxy) is 1. The Hall–Kier alpha value is -1.45. The van der Waals surface area contributed by atoms with E-state index in [0.29, 0.717) is 6.47 Å². The van der Waals surface area contributed by atoms with Crippen molar-refractivity contribution in [2.24, 2.45) is 0 Å². The second-order valence-electron chi connectivity index (χ2n) is 3.76. The fourth-order valence-corrected chi connectivity index (χ4v) is 0.574. The van der Waals surface area contributed by atoms with Gasteiger partial charge in [0, 0.05) is 0 Å². The summed E-state index contributed by atoms with van der Waals surface area (Å²) in [5.41, 5.74) is -0.318. The molecule has 0 heterocycles. The van der Waals surface area contributed by atoms with E-state index < -0.39 is 11.6 Å². The molecule has 0 fully saturated rings. The Labute approximate surface area is 87.9 Å². The van der Waals surface area contributed by atoms with Crippen molar-refractivity contribution in [3.05, 3.63) is 35.9 Å². The van der Waals surface area contributed by atoms with Crippen molar-refractivity contribution in [3.8, 4) is 0 Å². The van der Waals surface area contributed by atoms with Crippen LogP contribution in [0.4, 0.5) is 8.78 Å². The highest BCUT2D eigenvalue weighted by atomic mass is 19.1. The van der Waals surface area contributed by atoms with Crippen LogP contribution in [0.3, 0.4) is 0 Å². The highest BCUT2D eigenvalue weighted by molar-refractivity contribution is 5.37. The van der Waals surface area contributed by atoms with Gasteiger partial charge in [-0.05, 0) is 45.0 Å². The highest BCUT2D eigenvalue weighted by Gasteiger charge is 2.07. The normalized spacial score (nSPS) is 9.93. The molecule has 0 N–H and O–H groups in total. The molecular formula is C11H14F2O2. The summed E-state index contributed by atoms with van der Waals surface area (Å²) >= 11 is 0. The lowest BCUT2D eigenvalue weighted by molar-refractivity contribution is -0.138. The molecule has 0 saturated heterocycles. The van der Waals surface area contributed by atoms with Gasteiger partial charge < -0.3 is 4.74 Å². The fraction of sp³-hybridized carbons (Fsp3) is 0.364. The first-order valence-corrected chi connectivity index (χ1v) is 4.37. The Balaban J connectivity index is 0.000000265. The largest absolute Gasteiger partial charge is 0.462 e. The van der Waals surface area contributed by atoms with Crippen LogP contribution in [-0.4, -0.2) is 12.1 Å². The molecule has 0 unspecified atom stereocenters. The number of carbonyl (C=O) groups excluding carboxylic acids is 1. The molecule has 0 aliphatic rings. The third-order valence-corrected chi connectivity index (χ3v) is 1.21. The van der Waals surface area contributed by atoms with Gasteiger partial charge in [-0.15, -0.1) is 0 Å². The van der Waals surface area contributed by atoms with Crippen LogP contribution in [0.15, 0.2) is 24.3 Å². The van der Waals surface area contributed by atoms with Gasteiger partial charge in [0.2, 0.25) is 0 Å². The molecule has 15 heavy (non-hydrogen) atoms. The van der Waals surface area contributed by atoms with Crippen molar-refractivity contribution < 1.29 is 18.3 Å². The smallest absolute Gasteiger partial charge is 0.293 e. The second kappa shape index (κ2) is 6.11. The minimum absolute atomic E-state index is 0.318. The average Bonchev–Trinajstić information content (AvgIpc) is 2.09. The monoisotopic (exact) mass is 216 g/mol. The van der Waals surface area contributed by atoms with E-state index in [9.17, 15) is 13.6 Å². The molecule has 0 saturated carbocycles. The maximum Gasteiger partial charge on any atom is 0.293 e. The van der Waals surface area contributed by atoms with E-state index in [0.717, 1.165) is 24.3 Å². The van der Waals surface area contributed by atoms with Crippen molar-refractivity contribution in [1.82, 2.24) is 0 Å². The number of hydrogen-bond donors (Lipinski definition) is 0. The third-order valence-electron chi connectivity index (χ3n) is 1.21. The van der Waals surface area contributed by atoms with Crippen LogP contribution in [0.5, 0.6) is 0 Å². The van der Waals surface area contributed by atoms with Crippen molar-refractivity contribution in [2.45, 2.75) is 26.4 Å². The van der Waals surface area contributed by atoms with E-state index in [-0.39, 0.29) is 5.60 Å². The van der Waals surface area contributed by atoms with Crippen LogP contribution in [0, 0.1) is 11.6 Å². The summed E-state index contributed by atoms with van der Waals surface area (Å²) in [7, 11) is 0. The molecule has 0 amide bonds. The lowest BCUT2D eigenvalue weighted by atomic mass is 10.2. The number of hydrogen-bond acceptors (Lipinski definition) is 2. The first kappa shape index (κ1) is 13.5. The standard InChI is InChI=1S/C6H4F2.C5H10O2/c7-5-1-2-6(8)4-3-5;1-5(2,3)7-4-6/h1-4H;4H,1-3H3. The molecule has 0 radical (unpaired) electrons. The zero-order valence-electron chi connectivity index (χ0n) is 8.96. The molecule has 1 aromatic rings. The Morgan fingerprint density at radius 1 is 1.07 bits per heavy atom. The van der Waals surface area contributed by atoms with E-state index in [2.05, 4.69) is 4.74 Å². The summed E-state index contributed by atoms with van der Waals surface area (Å²) in [6.45, 7) is 5.92. The van der Waals surface area contributed by atoms with Gasteiger partial charge in [0.05, 0.1) is 0 Å². The zero-order valence-corrected chi connectivity index (χ0v) is 8.96. The van der Waals surface area contributed by atoms with Gasteiger partial charge in [-0.25, -0.2) is 8.78 Å². The van der Waals surface area contributed by atoms with Crippen molar-refractivity contribution in [3.63, 3.8) is 0 Å². The number of benzene rings is 1. The lowest BCUT2D eigenvalue weighted by Crippen LogP contribution is -2.17. The first-order chi connectivity index (χ1) is 6.85. The summed E-state index contributed by atoms with van der Waals surface area (Å²) in [5, 5.41) is 0. The molecular weight excluding hydrogens is 202 g/mol. The first-order valence-electron chi connectivity index (χ1n) is 4.37. The number of halogens is 2. The summed E-state index contributed by atoms with van der Waals surface area (Å²) in [6, 6.07) is 4.31. The van der Waals surface area contributed by atoms with E-state index in [1.165, 1.54) is 0 Å². The van der Waals surface area contributed by atoms with Gasteiger partial charge in [-0.2, -0.15) is 0 Å². The summed E-state index contributed by atoms with van der Waals surface area (Å²) in [5.74, 6) is -0.821. The zero-order chi connectivity index (χ0) is 11.9.